The number of hydrogen-bond donors (Lipinski definition) is 0. The van der Waals surface area contributed by atoms with Crippen molar-refractivity contribution in [2.75, 3.05) is 27.2 Å². The predicted octanol–water partition coefficient (Wildman–Crippen LogP) is 1.19. The van der Waals surface area contributed by atoms with E-state index in [0.29, 0.717) is 0 Å². The van der Waals surface area contributed by atoms with Gasteiger partial charge in [-0.1, -0.05) is 0 Å². The maximum atomic E-state index is 11.7. The minimum atomic E-state index is 0.196. The third kappa shape index (κ3) is 2.47. The summed E-state index contributed by atoms with van der Waals surface area (Å²) in [5.41, 5.74) is 0.196. The van der Waals surface area contributed by atoms with E-state index in [2.05, 4.69) is 25.7 Å². The van der Waals surface area contributed by atoms with Crippen molar-refractivity contribution in [3.8, 4) is 0 Å². The highest BCUT2D eigenvalue weighted by molar-refractivity contribution is 5.78. The third-order valence-corrected chi connectivity index (χ3v) is 2.93. The summed E-state index contributed by atoms with van der Waals surface area (Å²) in [5, 5.41) is 0. The molecule has 1 saturated heterocycles. The van der Waals surface area contributed by atoms with Crippen LogP contribution in [0.5, 0.6) is 0 Å². The molecule has 0 aliphatic carbocycles. The zero-order valence-electron chi connectivity index (χ0n) is 10.0. The first kappa shape index (κ1) is 11.5. The molecule has 3 heteroatoms. The molecule has 1 aliphatic rings. The van der Waals surface area contributed by atoms with Crippen molar-refractivity contribution in [2.45, 2.75) is 32.7 Å². The highest BCUT2D eigenvalue weighted by atomic mass is 16.2. The van der Waals surface area contributed by atoms with Crippen molar-refractivity contribution in [1.82, 2.24) is 9.80 Å². The number of carbonyl (C=O) groups excluding carboxylic acids is 1. The highest BCUT2D eigenvalue weighted by Crippen LogP contribution is 2.25. The third-order valence-electron chi connectivity index (χ3n) is 2.93. The van der Waals surface area contributed by atoms with E-state index in [1.807, 2.05) is 14.1 Å². The Kier molecular flexibility index (Phi) is 3.20. The summed E-state index contributed by atoms with van der Waals surface area (Å²) in [4.78, 5) is 15.8. The van der Waals surface area contributed by atoms with Crippen LogP contribution in [-0.2, 0) is 4.79 Å². The Morgan fingerprint density at radius 3 is 2.29 bits per heavy atom. The fraction of sp³-hybridized carbons (Fsp3) is 0.909. The van der Waals surface area contributed by atoms with Gasteiger partial charge in [-0.2, -0.15) is 0 Å². The summed E-state index contributed by atoms with van der Waals surface area (Å²) in [5.74, 6) is 0.487. The molecule has 1 atom stereocenters. The minimum Gasteiger partial charge on any atom is -0.349 e. The van der Waals surface area contributed by atoms with Gasteiger partial charge in [0.05, 0.1) is 5.92 Å². The van der Waals surface area contributed by atoms with Gasteiger partial charge in [0.2, 0.25) is 5.91 Å². The molecule has 0 saturated carbocycles. The lowest BCUT2D eigenvalue weighted by atomic mass is 10.1. The summed E-state index contributed by atoms with van der Waals surface area (Å²) < 4.78 is 0. The smallest absolute Gasteiger partial charge is 0.226 e. The number of rotatable bonds is 1. The molecular formula is C11H22N2O. The summed E-state index contributed by atoms with van der Waals surface area (Å²) in [7, 11) is 3.67. The molecule has 1 aliphatic heterocycles. The van der Waals surface area contributed by atoms with Gasteiger partial charge >= 0.3 is 0 Å². The fourth-order valence-corrected chi connectivity index (χ4v) is 1.94. The van der Waals surface area contributed by atoms with Crippen molar-refractivity contribution in [2.24, 2.45) is 5.92 Å². The molecule has 0 bridgehead atoms. The van der Waals surface area contributed by atoms with Crippen LogP contribution in [0.25, 0.3) is 0 Å². The predicted molar refractivity (Wildman–Crippen MR) is 58.1 cm³/mol. The largest absolute Gasteiger partial charge is 0.349 e. The second kappa shape index (κ2) is 3.89. The van der Waals surface area contributed by atoms with Gasteiger partial charge in [0.15, 0.2) is 0 Å². The lowest BCUT2D eigenvalue weighted by Crippen LogP contribution is -2.41. The number of carbonyl (C=O) groups is 1. The quantitative estimate of drug-likeness (QED) is 0.632. The van der Waals surface area contributed by atoms with Crippen LogP contribution in [0.3, 0.4) is 0 Å². The summed E-state index contributed by atoms with van der Waals surface area (Å²) in [6.07, 6.45) is 1.01. The normalized spacial score (nSPS) is 23.9. The molecule has 1 heterocycles. The molecule has 82 valence electrons. The number of amides is 1. The van der Waals surface area contributed by atoms with E-state index in [9.17, 15) is 4.79 Å². The fourth-order valence-electron chi connectivity index (χ4n) is 1.94. The molecular weight excluding hydrogens is 176 g/mol. The van der Waals surface area contributed by atoms with Gasteiger partial charge in [-0.25, -0.2) is 0 Å². The van der Waals surface area contributed by atoms with E-state index in [-0.39, 0.29) is 17.4 Å². The Hall–Kier alpha value is -0.570. The standard InChI is InChI=1S/C11H22N2O/c1-11(2,3)13-7-6-9(8-13)10(14)12(4)5/h9H,6-8H2,1-5H3/t9-/m0/s1. The van der Waals surface area contributed by atoms with Crippen molar-refractivity contribution >= 4 is 5.91 Å². The molecule has 3 nitrogen and oxygen atoms in total. The van der Waals surface area contributed by atoms with Crippen LogP contribution in [-0.4, -0.2) is 48.4 Å². The average Bonchev–Trinajstić information content (AvgIpc) is 2.49. The van der Waals surface area contributed by atoms with Gasteiger partial charge in [-0.15, -0.1) is 0 Å². The maximum Gasteiger partial charge on any atom is 0.226 e. The Morgan fingerprint density at radius 1 is 1.36 bits per heavy atom. The zero-order chi connectivity index (χ0) is 10.9. The van der Waals surface area contributed by atoms with Gasteiger partial charge in [0.1, 0.15) is 0 Å². The van der Waals surface area contributed by atoms with E-state index < -0.39 is 0 Å². The Labute approximate surface area is 87.1 Å². The van der Waals surface area contributed by atoms with Crippen molar-refractivity contribution < 1.29 is 4.79 Å². The summed E-state index contributed by atoms with van der Waals surface area (Å²) >= 11 is 0. The first-order valence-corrected chi connectivity index (χ1v) is 5.28. The van der Waals surface area contributed by atoms with Gasteiger partial charge in [-0.3, -0.25) is 9.69 Å². The van der Waals surface area contributed by atoms with Crippen LogP contribution in [0, 0.1) is 5.92 Å². The van der Waals surface area contributed by atoms with Gasteiger partial charge in [0.25, 0.3) is 0 Å². The number of hydrogen-bond acceptors (Lipinski definition) is 2. The monoisotopic (exact) mass is 198 g/mol. The summed E-state index contributed by atoms with van der Waals surface area (Å²) in [6.45, 7) is 8.58. The lowest BCUT2D eigenvalue weighted by Gasteiger charge is -2.31. The van der Waals surface area contributed by atoms with Crippen LogP contribution in [0.1, 0.15) is 27.2 Å². The summed E-state index contributed by atoms with van der Waals surface area (Å²) in [6, 6.07) is 0. The molecule has 1 fully saturated rings. The topological polar surface area (TPSA) is 23.6 Å². The van der Waals surface area contributed by atoms with E-state index in [1.165, 1.54) is 0 Å². The van der Waals surface area contributed by atoms with Gasteiger partial charge < -0.3 is 4.90 Å². The Balaban J connectivity index is 2.54. The molecule has 0 aromatic carbocycles. The molecule has 0 spiro atoms. The van der Waals surface area contributed by atoms with Crippen LogP contribution in [0.2, 0.25) is 0 Å². The number of nitrogens with zero attached hydrogens (tertiary/aromatic N) is 2. The van der Waals surface area contributed by atoms with Crippen LogP contribution < -0.4 is 0 Å². The Bertz CT molecular complexity index is 218. The van der Waals surface area contributed by atoms with Gasteiger partial charge in [0, 0.05) is 26.2 Å². The van der Waals surface area contributed by atoms with Crippen LogP contribution in [0.15, 0.2) is 0 Å². The van der Waals surface area contributed by atoms with Crippen molar-refractivity contribution in [1.29, 1.82) is 0 Å². The van der Waals surface area contributed by atoms with Crippen molar-refractivity contribution in [3.05, 3.63) is 0 Å². The Morgan fingerprint density at radius 2 is 1.93 bits per heavy atom. The molecule has 14 heavy (non-hydrogen) atoms. The highest BCUT2D eigenvalue weighted by Gasteiger charge is 2.34. The average molecular weight is 198 g/mol. The zero-order valence-corrected chi connectivity index (χ0v) is 10.0. The first-order chi connectivity index (χ1) is 6.32. The second-order valence-corrected chi connectivity index (χ2v) is 5.34. The first-order valence-electron chi connectivity index (χ1n) is 5.28. The lowest BCUT2D eigenvalue weighted by molar-refractivity contribution is -0.132. The molecule has 1 amide bonds. The minimum absolute atomic E-state index is 0.196. The van der Waals surface area contributed by atoms with E-state index in [1.54, 1.807) is 4.90 Å². The number of likely N-dealkylation sites (tertiary alicyclic amines) is 1. The van der Waals surface area contributed by atoms with E-state index >= 15 is 0 Å². The van der Waals surface area contributed by atoms with E-state index in [4.69, 9.17) is 0 Å². The second-order valence-electron chi connectivity index (χ2n) is 5.34. The van der Waals surface area contributed by atoms with Crippen LogP contribution in [0.4, 0.5) is 0 Å². The molecule has 0 aromatic heterocycles. The van der Waals surface area contributed by atoms with Crippen molar-refractivity contribution in [3.63, 3.8) is 0 Å². The van der Waals surface area contributed by atoms with Crippen LogP contribution >= 0.6 is 0 Å². The molecule has 0 N–H and O–H groups in total. The molecule has 1 rings (SSSR count). The molecule has 0 aromatic rings. The van der Waals surface area contributed by atoms with Gasteiger partial charge in [-0.05, 0) is 33.7 Å². The van der Waals surface area contributed by atoms with E-state index in [0.717, 1.165) is 19.5 Å². The SMILES string of the molecule is CN(C)C(=O)[C@H]1CCN(C(C)(C)C)C1. The maximum absolute atomic E-state index is 11.7. The molecule has 0 unspecified atom stereocenters. The molecule has 0 radical (unpaired) electrons.